The van der Waals surface area contributed by atoms with E-state index < -0.39 is 17.6 Å². The highest BCUT2D eigenvalue weighted by molar-refractivity contribution is 7.99. The Kier molecular flexibility index (Phi) is 4.10. The van der Waals surface area contributed by atoms with E-state index in [0.29, 0.717) is 5.56 Å². The van der Waals surface area contributed by atoms with Gasteiger partial charge < -0.3 is 9.52 Å². The fourth-order valence-corrected chi connectivity index (χ4v) is 1.82. The first-order valence-corrected chi connectivity index (χ1v) is 6.14. The lowest BCUT2D eigenvalue weighted by molar-refractivity contribution is -0.133. The minimum Gasteiger partial charge on any atom is -0.481 e. The summed E-state index contributed by atoms with van der Waals surface area (Å²) in [5.74, 6) is -2.85. The molecule has 0 radical (unpaired) electrons. The van der Waals surface area contributed by atoms with Gasteiger partial charge in [0.2, 0.25) is 5.89 Å². The van der Waals surface area contributed by atoms with E-state index in [1.165, 1.54) is 6.07 Å². The Morgan fingerprint density at radius 1 is 1.32 bits per heavy atom. The number of halogens is 2. The number of rotatable bonds is 5. The number of carboxylic acids is 1. The third-order valence-corrected chi connectivity index (χ3v) is 2.91. The molecule has 0 fully saturated rings. The summed E-state index contributed by atoms with van der Waals surface area (Å²) in [7, 11) is 0. The SMILES string of the molecule is O=C(O)CSc1nnc(Cc2ccc(F)c(F)c2)o1. The number of hydrogen-bond acceptors (Lipinski definition) is 5. The van der Waals surface area contributed by atoms with Crippen molar-refractivity contribution in [1.29, 1.82) is 0 Å². The third-order valence-electron chi connectivity index (χ3n) is 2.11. The lowest BCUT2D eigenvalue weighted by Gasteiger charge is -1.98. The highest BCUT2D eigenvalue weighted by Crippen LogP contribution is 2.18. The maximum Gasteiger partial charge on any atom is 0.314 e. The van der Waals surface area contributed by atoms with E-state index in [-0.39, 0.29) is 23.3 Å². The standard InChI is InChI=1S/C11H8F2N2O3S/c12-7-2-1-6(3-8(7)13)4-9-14-15-11(18-9)19-5-10(16)17/h1-3H,4-5H2,(H,16,17). The molecule has 2 aromatic rings. The van der Waals surface area contributed by atoms with Crippen LogP contribution in [0.4, 0.5) is 8.78 Å². The predicted molar refractivity (Wildman–Crippen MR) is 61.8 cm³/mol. The second-order valence-corrected chi connectivity index (χ2v) is 4.50. The number of nitrogens with zero attached hydrogens (tertiary/aromatic N) is 2. The van der Waals surface area contributed by atoms with Gasteiger partial charge in [-0.3, -0.25) is 4.79 Å². The number of hydrogen-bond donors (Lipinski definition) is 1. The number of carbonyl (C=O) groups is 1. The van der Waals surface area contributed by atoms with E-state index in [1.54, 1.807) is 0 Å². The summed E-state index contributed by atoms with van der Waals surface area (Å²) in [5.41, 5.74) is 0.484. The van der Waals surface area contributed by atoms with Gasteiger partial charge in [-0.1, -0.05) is 17.8 Å². The topological polar surface area (TPSA) is 76.2 Å². The van der Waals surface area contributed by atoms with E-state index in [2.05, 4.69) is 10.2 Å². The molecule has 0 spiro atoms. The molecule has 0 bridgehead atoms. The third kappa shape index (κ3) is 3.75. The predicted octanol–water partition coefficient (Wildman–Crippen LogP) is 2.12. The van der Waals surface area contributed by atoms with Gasteiger partial charge in [-0.25, -0.2) is 8.78 Å². The first-order valence-electron chi connectivity index (χ1n) is 5.15. The summed E-state index contributed by atoms with van der Waals surface area (Å²) in [6, 6.07) is 3.47. The molecule has 0 atom stereocenters. The molecule has 1 N–H and O–H groups in total. The molecular formula is C11H8F2N2O3S. The fourth-order valence-electron chi connectivity index (χ4n) is 1.32. The largest absolute Gasteiger partial charge is 0.481 e. The average Bonchev–Trinajstić information content (AvgIpc) is 2.79. The van der Waals surface area contributed by atoms with Crippen LogP contribution in [0.2, 0.25) is 0 Å². The number of aromatic nitrogens is 2. The van der Waals surface area contributed by atoms with Crippen molar-refractivity contribution in [3.05, 3.63) is 41.3 Å². The van der Waals surface area contributed by atoms with Crippen LogP contribution in [0.1, 0.15) is 11.5 Å². The second-order valence-electron chi connectivity index (χ2n) is 3.57. The maximum absolute atomic E-state index is 13.0. The first kappa shape index (κ1) is 13.5. The Bertz CT molecular complexity index is 603. The average molecular weight is 286 g/mol. The van der Waals surface area contributed by atoms with Gasteiger partial charge in [-0.05, 0) is 17.7 Å². The number of thioether (sulfide) groups is 1. The maximum atomic E-state index is 13.0. The summed E-state index contributed by atoms with van der Waals surface area (Å²) >= 11 is 0.892. The summed E-state index contributed by atoms with van der Waals surface area (Å²) in [6.07, 6.45) is 0.151. The second kappa shape index (κ2) is 5.79. The smallest absolute Gasteiger partial charge is 0.314 e. The molecule has 0 aliphatic rings. The molecule has 0 saturated heterocycles. The van der Waals surface area contributed by atoms with Crippen LogP contribution in [-0.4, -0.2) is 27.0 Å². The number of carboxylic acid groups (broad SMARTS) is 1. The van der Waals surface area contributed by atoms with Gasteiger partial charge in [0.05, 0.1) is 6.42 Å². The van der Waals surface area contributed by atoms with E-state index >= 15 is 0 Å². The van der Waals surface area contributed by atoms with Crippen molar-refractivity contribution in [3.63, 3.8) is 0 Å². The normalized spacial score (nSPS) is 10.6. The van der Waals surface area contributed by atoms with Crippen LogP contribution in [0.3, 0.4) is 0 Å². The van der Waals surface area contributed by atoms with E-state index in [9.17, 15) is 13.6 Å². The molecule has 0 unspecified atom stereocenters. The molecule has 1 aromatic heterocycles. The molecule has 1 aromatic carbocycles. The lowest BCUT2D eigenvalue weighted by atomic mass is 10.1. The van der Waals surface area contributed by atoms with Crippen LogP contribution < -0.4 is 0 Å². The van der Waals surface area contributed by atoms with Crippen molar-refractivity contribution in [3.8, 4) is 0 Å². The zero-order valence-electron chi connectivity index (χ0n) is 9.47. The van der Waals surface area contributed by atoms with Crippen LogP contribution in [0.25, 0.3) is 0 Å². The van der Waals surface area contributed by atoms with Crippen molar-refractivity contribution < 1.29 is 23.1 Å². The molecule has 0 amide bonds. The quantitative estimate of drug-likeness (QED) is 0.848. The number of benzene rings is 1. The van der Waals surface area contributed by atoms with Gasteiger partial charge in [-0.2, -0.15) is 0 Å². The van der Waals surface area contributed by atoms with Crippen LogP contribution in [0.15, 0.2) is 27.8 Å². The van der Waals surface area contributed by atoms with Gasteiger partial charge in [0.1, 0.15) is 5.75 Å². The number of aliphatic carboxylic acids is 1. The van der Waals surface area contributed by atoms with Gasteiger partial charge >= 0.3 is 5.97 Å². The zero-order chi connectivity index (χ0) is 13.8. The van der Waals surface area contributed by atoms with Crippen molar-refractivity contribution >= 4 is 17.7 Å². The van der Waals surface area contributed by atoms with Gasteiger partial charge in [0, 0.05) is 0 Å². The molecule has 19 heavy (non-hydrogen) atoms. The Hall–Kier alpha value is -1.96. The summed E-state index contributed by atoms with van der Waals surface area (Å²) in [4.78, 5) is 10.4. The zero-order valence-corrected chi connectivity index (χ0v) is 10.3. The van der Waals surface area contributed by atoms with Crippen molar-refractivity contribution in [2.24, 2.45) is 0 Å². The molecule has 1 heterocycles. The molecule has 5 nitrogen and oxygen atoms in total. The van der Waals surface area contributed by atoms with E-state index in [0.717, 1.165) is 23.9 Å². The molecule has 100 valence electrons. The molecule has 0 aliphatic heterocycles. The molecule has 8 heteroatoms. The highest BCUT2D eigenvalue weighted by atomic mass is 32.2. The van der Waals surface area contributed by atoms with Gasteiger partial charge in [0.15, 0.2) is 11.6 Å². The van der Waals surface area contributed by atoms with E-state index in [1.807, 2.05) is 0 Å². The fraction of sp³-hybridized carbons (Fsp3) is 0.182. The van der Waals surface area contributed by atoms with Crippen molar-refractivity contribution in [2.75, 3.05) is 5.75 Å². The summed E-state index contributed by atoms with van der Waals surface area (Å²) < 4.78 is 30.9. The van der Waals surface area contributed by atoms with Crippen LogP contribution >= 0.6 is 11.8 Å². The Labute approximate surface area is 110 Å². The molecule has 2 rings (SSSR count). The Morgan fingerprint density at radius 3 is 2.79 bits per heavy atom. The van der Waals surface area contributed by atoms with Crippen LogP contribution in [-0.2, 0) is 11.2 Å². The lowest BCUT2D eigenvalue weighted by Crippen LogP contribution is -1.97. The minimum absolute atomic E-state index is 0.125. The van der Waals surface area contributed by atoms with Crippen molar-refractivity contribution in [2.45, 2.75) is 11.6 Å². The van der Waals surface area contributed by atoms with Crippen LogP contribution in [0, 0.1) is 11.6 Å². The first-order chi connectivity index (χ1) is 9.04. The van der Waals surface area contributed by atoms with E-state index in [4.69, 9.17) is 9.52 Å². The monoisotopic (exact) mass is 286 g/mol. The van der Waals surface area contributed by atoms with Crippen molar-refractivity contribution in [1.82, 2.24) is 10.2 Å². The van der Waals surface area contributed by atoms with Crippen LogP contribution in [0.5, 0.6) is 0 Å². The minimum atomic E-state index is -0.995. The molecule has 0 aliphatic carbocycles. The molecular weight excluding hydrogens is 278 g/mol. The molecule has 0 saturated carbocycles. The van der Waals surface area contributed by atoms with Gasteiger partial charge in [0.25, 0.3) is 5.22 Å². The Morgan fingerprint density at radius 2 is 2.11 bits per heavy atom. The van der Waals surface area contributed by atoms with Gasteiger partial charge in [-0.15, -0.1) is 10.2 Å². The highest BCUT2D eigenvalue weighted by Gasteiger charge is 2.10. The summed E-state index contributed by atoms with van der Waals surface area (Å²) in [6.45, 7) is 0. The Balaban J connectivity index is 2.02. The summed E-state index contributed by atoms with van der Waals surface area (Å²) in [5, 5.41) is 15.9.